The molecule has 8 heteroatoms. The molecule has 0 spiro atoms. The summed E-state index contributed by atoms with van der Waals surface area (Å²) < 4.78 is 5.48. The third-order valence-electron chi connectivity index (χ3n) is 4.21. The van der Waals surface area contributed by atoms with Crippen LogP contribution in [0, 0.1) is 6.92 Å². The third kappa shape index (κ3) is 2.62. The number of hydrogen-bond donors (Lipinski definition) is 3. The average molecular weight is 337 g/mol. The predicted molar refractivity (Wildman–Crippen MR) is 97.3 cm³/mol. The molecule has 0 amide bonds. The van der Waals surface area contributed by atoms with Crippen molar-refractivity contribution >= 4 is 23.1 Å². The number of benzene rings is 1. The standard InChI is InChI=1S/C17H19N7O/c1-10-8-11(5-6-12(10)18)9-24-16-15(22-23(24)2)14(20-17(19)21-16)13-4-3-7-25-13/h3-8,22H,9,18H2,1-2H3,(H2,19,20,21). The van der Waals surface area contributed by atoms with Crippen LogP contribution in [0.5, 0.6) is 0 Å². The van der Waals surface area contributed by atoms with Gasteiger partial charge < -0.3 is 15.9 Å². The van der Waals surface area contributed by atoms with Crippen LogP contribution in [0.3, 0.4) is 0 Å². The lowest BCUT2D eigenvalue weighted by Gasteiger charge is -2.25. The molecule has 0 aliphatic carbocycles. The number of furan rings is 1. The summed E-state index contributed by atoms with van der Waals surface area (Å²) in [5.74, 6) is 1.54. The van der Waals surface area contributed by atoms with Crippen LogP contribution in [0.25, 0.3) is 11.5 Å². The molecule has 3 heterocycles. The maximum Gasteiger partial charge on any atom is 0.222 e. The van der Waals surface area contributed by atoms with Crippen LogP contribution in [0.15, 0.2) is 41.0 Å². The number of hydrazine groups is 2. The second-order valence-corrected chi connectivity index (χ2v) is 5.99. The molecule has 4 rings (SSSR count). The Labute approximate surface area is 145 Å². The second-order valence-electron chi connectivity index (χ2n) is 5.99. The molecule has 8 nitrogen and oxygen atoms in total. The van der Waals surface area contributed by atoms with E-state index >= 15 is 0 Å². The molecule has 1 aliphatic rings. The van der Waals surface area contributed by atoms with Crippen molar-refractivity contribution in [2.24, 2.45) is 0 Å². The van der Waals surface area contributed by atoms with Crippen LogP contribution in [0.1, 0.15) is 11.1 Å². The lowest BCUT2D eigenvalue weighted by molar-refractivity contribution is 0.379. The van der Waals surface area contributed by atoms with Crippen LogP contribution in [0.2, 0.25) is 0 Å². The zero-order valence-electron chi connectivity index (χ0n) is 14.0. The van der Waals surface area contributed by atoms with E-state index in [4.69, 9.17) is 15.9 Å². The van der Waals surface area contributed by atoms with Crippen molar-refractivity contribution in [3.05, 3.63) is 47.7 Å². The van der Waals surface area contributed by atoms with Gasteiger partial charge in [0.05, 0.1) is 12.8 Å². The second kappa shape index (κ2) is 5.67. The summed E-state index contributed by atoms with van der Waals surface area (Å²) >= 11 is 0. The molecule has 0 fully saturated rings. The maximum absolute atomic E-state index is 5.93. The van der Waals surface area contributed by atoms with Crippen molar-refractivity contribution in [2.75, 3.05) is 28.9 Å². The molecule has 5 N–H and O–H groups in total. The first-order valence-electron chi connectivity index (χ1n) is 7.87. The van der Waals surface area contributed by atoms with Crippen molar-refractivity contribution in [2.45, 2.75) is 13.5 Å². The van der Waals surface area contributed by atoms with Gasteiger partial charge in [-0.2, -0.15) is 4.98 Å². The van der Waals surface area contributed by atoms with E-state index in [9.17, 15) is 0 Å². The van der Waals surface area contributed by atoms with Crippen molar-refractivity contribution in [1.29, 1.82) is 0 Å². The summed E-state index contributed by atoms with van der Waals surface area (Å²) in [6.07, 6.45) is 1.60. The van der Waals surface area contributed by atoms with E-state index in [0.29, 0.717) is 23.8 Å². The fourth-order valence-electron chi connectivity index (χ4n) is 2.90. The van der Waals surface area contributed by atoms with Gasteiger partial charge in [-0.15, -0.1) is 5.12 Å². The first kappa shape index (κ1) is 15.3. The number of fused-ring (bicyclic) bond motifs is 1. The van der Waals surface area contributed by atoms with Crippen molar-refractivity contribution in [3.63, 3.8) is 0 Å². The van der Waals surface area contributed by atoms with Gasteiger partial charge >= 0.3 is 0 Å². The normalized spacial score (nSPS) is 13.8. The highest BCUT2D eigenvalue weighted by atomic mass is 16.3. The fourth-order valence-corrected chi connectivity index (χ4v) is 2.90. The molecule has 1 aliphatic heterocycles. The van der Waals surface area contributed by atoms with E-state index in [-0.39, 0.29) is 5.95 Å². The highest BCUT2D eigenvalue weighted by molar-refractivity contribution is 5.83. The molecular formula is C17H19N7O. The van der Waals surface area contributed by atoms with Crippen molar-refractivity contribution in [1.82, 2.24) is 15.1 Å². The smallest absolute Gasteiger partial charge is 0.222 e. The first-order valence-corrected chi connectivity index (χ1v) is 7.87. The molecule has 0 unspecified atom stereocenters. The van der Waals surface area contributed by atoms with E-state index in [0.717, 1.165) is 22.5 Å². The molecule has 128 valence electrons. The van der Waals surface area contributed by atoms with Gasteiger partial charge in [0.15, 0.2) is 11.6 Å². The zero-order valence-corrected chi connectivity index (χ0v) is 14.0. The summed E-state index contributed by atoms with van der Waals surface area (Å²) in [7, 11) is 1.91. The minimum Gasteiger partial charge on any atom is -0.463 e. The van der Waals surface area contributed by atoms with Crippen LogP contribution in [0.4, 0.5) is 23.1 Å². The number of nitrogen functional groups attached to an aromatic ring is 2. The summed E-state index contributed by atoms with van der Waals surface area (Å²) in [5, 5.41) is 3.85. The van der Waals surface area contributed by atoms with Crippen LogP contribution < -0.4 is 21.9 Å². The summed E-state index contributed by atoms with van der Waals surface area (Å²) in [4.78, 5) is 8.74. The molecule has 3 aromatic rings. The lowest BCUT2D eigenvalue weighted by atomic mass is 10.1. The van der Waals surface area contributed by atoms with Gasteiger partial charge in [0.25, 0.3) is 0 Å². The number of nitrogens with zero attached hydrogens (tertiary/aromatic N) is 4. The zero-order chi connectivity index (χ0) is 17.6. The van der Waals surface area contributed by atoms with Crippen LogP contribution in [-0.4, -0.2) is 22.1 Å². The number of nitrogens with two attached hydrogens (primary N) is 2. The van der Waals surface area contributed by atoms with Crippen molar-refractivity contribution in [3.8, 4) is 11.5 Å². The highest BCUT2D eigenvalue weighted by Gasteiger charge is 2.31. The Bertz CT molecular complexity index is 923. The number of nitrogens with one attached hydrogen (secondary N) is 1. The number of anilines is 4. The van der Waals surface area contributed by atoms with Gasteiger partial charge in [0.1, 0.15) is 11.4 Å². The van der Waals surface area contributed by atoms with E-state index in [2.05, 4.69) is 21.5 Å². The highest BCUT2D eigenvalue weighted by Crippen LogP contribution is 2.39. The molecule has 0 saturated carbocycles. The van der Waals surface area contributed by atoms with Crippen LogP contribution in [-0.2, 0) is 6.54 Å². The monoisotopic (exact) mass is 337 g/mol. The topological polar surface area (TPSA) is 109 Å². The molecule has 0 saturated heterocycles. The summed E-state index contributed by atoms with van der Waals surface area (Å²) in [5.41, 5.74) is 19.5. The maximum atomic E-state index is 5.93. The largest absolute Gasteiger partial charge is 0.463 e. The number of hydrogen-bond acceptors (Lipinski definition) is 8. The lowest BCUT2D eigenvalue weighted by Crippen LogP contribution is -2.38. The summed E-state index contributed by atoms with van der Waals surface area (Å²) in [6.45, 7) is 2.61. The van der Waals surface area contributed by atoms with E-state index in [1.165, 1.54) is 0 Å². The van der Waals surface area contributed by atoms with Gasteiger partial charge in [-0.05, 0) is 36.2 Å². The van der Waals surface area contributed by atoms with Crippen LogP contribution >= 0.6 is 0 Å². The molecule has 0 atom stereocenters. The Hall–Kier alpha value is -3.26. The Kier molecular flexibility index (Phi) is 3.47. The Morgan fingerprint density at radius 3 is 2.76 bits per heavy atom. The molecule has 0 bridgehead atoms. The fraction of sp³-hybridized carbons (Fsp3) is 0.176. The predicted octanol–water partition coefficient (Wildman–Crippen LogP) is 2.40. The first-order chi connectivity index (χ1) is 12.0. The molecule has 0 radical (unpaired) electrons. The number of rotatable bonds is 3. The number of aryl methyl sites for hydroxylation is 1. The third-order valence-corrected chi connectivity index (χ3v) is 4.21. The Morgan fingerprint density at radius 1 is 1.20 bits per heavy atom. The minimum atomic E-state index is 0.195. The quantitative estimate of drug-likeness (QED) is 0.625. The van der Waals surface area contributed by atoms with Gasteiger partial charge in [-0.3, -0.25) is 10.4 Å². The molecule has 2 aromatic heterocycles. The van der Waals surface area contributed by atoms with Gasteiger partial charge in [-0.1, -0.05) is 12.1 Å². The minimum absolute atomic E-state index is 0.195. The summed E-state index contributed by atoms with van der Waals surface area (Å²) in [6, 6.07) is 9.65. The van der Waals surface area contributed by atoms with Gasteiger partial charge in [-0.25, -0.2) is 4.98 Å². The number of aromatic nitrogens is 2. The Balaban J connectivity index is 1.74. The van der Waals surface area contributed by atoms with E-state index in [1.54, 1.807) is 6.26 Å². The van der Waals surface area contributed by atoms with Crippen molar-refractivity contribution < 1.29 is 4.42 Å². The Morgan fingerprint density at radius 2 is 2.04 bits per heavy atom. The SMILES string of the molecule is Cc1cc(CN2c3nc(N)nc(-c4ccco4)c3NN2C)ccc1N. The van der Waals surface area contributed by atoms with E-state index < -0.39 is 0 Å². The average Bonchev–Trinajstić information content (AvgIpc) is 3.20. The molecular weight excluding hydrogens is 318 g/mol. The molecule has 1 aromatic carbocycles. The molecule has 25 heavy (non-hydrogen) atoms. The van der Waals surface area contributed by atoms with E-state index in [1.807, 2.05) is 48.4 Å². The van der Waals surface area contributed by atoms with Gasteiger partial charge in [0.2, 0.25) is 5.95 Å². The van der Waals surface area contributed by atoms with Gasteiger partial charge in [0, 0.05) is 12.7 Å².